The number of benzene rings is 2. The highest BCUT2D eigenvalue weighted by molar-refractivity contribution is 7.21. The highest BCUT2D eigenvalue weighted by Gasteiger charge is 2.29. The number of carboxylic acids is 1. The van der Waals surface area contributed by atoms with Crippen LogP contribution < -0.4 is 5.32 Å². The van der Waals surface area contributed by atoms with E-state index in [-0.39, 0.29) is 24.2 Å². The molecule has 1 aromatic heterocycles. The number of amides is 1. The first-order chi connectivity index (χ1) is 14.4. The number of thiophene rings is 1. The van der Waals surface area contributed by atoms with Gasteiger partial charge < -0.3 is 10.4 Å². The molecule has 0 radical (unpaired) electrons. The van der Waals surface area contributed by atoms with Gasteiger partial charge in [0.1, 0.15) is 10.7 Å². The van der Waals surface area contributed by atoms with Gasteiger partial charge >= 0.3 is 5.97 Å². The number of likely N-dealkylation sites (tertiary alicyclic amines) is 1. The van der Waals surface area contributed by atoms with E-state index in [0.717, 1.165) is 40.6 Å². The molecule has 156 valence electrons. The van der Waals surface area contributed by atoms with Gasteiger partial charge in [0.25, 0.3) is 0 Å². The van der Waals surface area contributed by atoms with E-state index < -0.39 is 11.8 Å². The summed E-state index contributed by atoms with van der Waals surface area (Å²) in [6.07, 6.45) is 2.42. The molecule has 1 aliphatic rings. The third kappa shape index (κ3) is 4.22. The molecule has 5 nitrogen and oxygen atoms in total. The second-order valence-corrected chi connectivity index (χ2v) is 8.77. The van der Waals surface area contributed by atoms with Crippen molar-refractivity contribution in [2.75, 3.05) is 18.4 Å². The lowest BCUT2D eigenvalue weighted by atomic mass is 10.0. The monoisotopic (exact) mass is 426 g/mol. The van der Waals surface area contributed by atoms with Gasteiger partial charge in [0, 0.05) is 10.7 Å². The van der Waals surface area contributed by atoms with E-state index in [1.807, 2.05) is 31.2 Å². The van der Waals surface area contributed by atoms with Crippen molar-refractivity contribution in [2.45, 2.75) is 32.2 Å². The van der Waals surface area contributed by atoms with Gasteiger partial charge in [0.2, 0.25) is 5.91 Å². The molecule has 7 heteroatoms. The first-order valence-electron chi connectivity index (χ1n) is 9.96. The minimum Gasteiger partial charge on any atom is -0.477 e. The molecule has 2 aromatic carbocycles. The van der Waals surface area contributed by atoms with Crippen LogP contribution in [0.2, 0.25) is 0 Å². The fraction of sp³-hybridized carbons (Fsp3) is 0.304. The van der Waals surface area contributed by atoms with Crippen molar-refractivity contribution in [3.05, 3.63) is 64.3 Å². The molecule has 0 saturated carbocycles. The van der Waals surface area contributed by atoms with Crippen molar-refractivity contribution >= 4 is 39.0 Å². The average Bonchev–Trinajstić information content (AvgIpc) is 3.30. The number of carbonyl (C=O) groups is 2. The van der Waals surface area contributed by atoms with Crippen LogP contribution in [0.15, 0.2) is 42.5 Å². The average molecular weight is 427 g/mol. The second-order valence-electron chi connectivity index (χ2n) is 7.71. The van der Waals surface area contributed by atoms with Crippen LogP contribution in [0.25, 0.3) is 10.1 Å². The van der Waals surface area contributed by atoms with Crippen LogP contribution in [-0.2, 0) is 11.2 Å². The van der Waals surface area contributed by atoms with E-state index in [2.05, 4.69) is 10.2 Å². The molecule has 1 amide bonds. The number of hydrogen-bond acceptors (Lipinski definition) is 4. The van der Waals surface area contributed by atoms with Crippen LogP contribution in [0.1, 0.15) is 33.6 Å². The Morgan fingerprint density at radius 1 is 1.27 bits per heavy atom. The summed E-state index contributed by atoms with van der Waals surface area (Å²) in [4.78, 5) is 26.8. The molecule has 0 unspecified atom stereocenters. The smallest absolute Gasteiger partial charge is 0.346 e. The molecular formula is C23H23FN2O3S. The summed E-state index contributed by atoms with van der Waals surface area (Å²) in [6, 6.07) is 12.4. The van der Waals surface area contributed by atoms with E-state index in [0.29, 0.717) is 11.3 Å². The van der Waals surface area contributed by atoms with Gasteiger partial charge in [-0.05, 0) is 67.4 Å². The maximum absolute atomic E-state index is 14.0. The van der Waals surface area contributed by atoms with Crippen LogP contribution >= 0.6 is 11.3 Å². The van der Waals surface area contributed by atoms with E-state index in [1.165, 1.54) is 17.4 Å². The molecule has 1 aliphatic heterocycles. The Bertz CT molecular complexity index is 1110. The molecule has 0 bridgehead atoms. The van der Waals surface area contributed by atoms with E-state index in [4.69, 9.17) is 0 Å². The maximum Gasteiger partial charge on any atom is 0.346 e. The van der Waals surface area contributed by atoms with Crippen molar-refractivity contribution in [2.24, 2.45) is 0 Å². The Balaban J connectivity index is 1.50. The zero-order chi connectivity index (χ0) is 21.3. The van der Waals surface area contributed by atoms with Gasteiger partial charge in [-0.2, -0.15) is 0 Å². The van der Waals surface area contributed by atoms with Crippen molar-refractivity contribution in [1.29, 1.82) is 0 Å². The highest BCUT2D eigenvalue weighted by atomic mass is 32.1. The number of anilines is 1. The zero-order valence-corrected chi connectivity index (χ0v) is 17.5. The number of nitrogens with one attached hydrogen (secondary N) is 1. The largest absolute Gasteiger partial charge is 0.477 e. The second kappa shape index (κ2) is 8.53. The highest BCUT2D eigenvalue weighted by Crippen LogP contribution is 2.34. The lowest BCUT2D eigenvalue weighted by molar-refractivity contribution is -0.117. The number of carboxylic acid groups (broad SMARTS) is 1. The molecular weight excluding hydrogens is 403 g/mol. The topological polar surface area (TPSA) is 69.6 Å². The summed E-state index contributed by atoms with van der Waals surface area (Å²) in [5.41, 5.74) is 1.90. The number of carbonyl (C=O) groups excluding carboxylic acids is 1. The predicted octanol–water partition coefficient (Wildman–Crippen LogP) is 4.69. The zero-order valence-electron chi connectivity index (χ0n) is 16.7. The Morgan fingerprint density at radius 3 is 2.87 bits per heavy atom. The van der Waals surface area contributed by atoms with Crippen LogP contribution in [0.5, 0.6) is 0 Å². The fourth-order valence-electron chi connectivity index (χ4n) is 4.15. The SMILES string of the molecule is Cc1ccc(F)c(NC(=O)CN2CCC[C@H]2Cc2c(C(=O)O)sc3ccccc23)c1. The molecule has 2 N–H and O–H groups in total. The lowest BCUT2D eigenvalue weighted by Gasteiger charge is -2.24. The fourth-order valence-corrected chi connectivity index (χ4v) is 5.22. The number of fused-ring (bicyclic) bond motifs is 1. The van der Waals surface area contributed by atoms with Crippen molar-refractivity contribution in [3.63, 3.8) is 0 Å². The molecule has 30 heavy (non-hydrogen) atoms. The number of aromatic carboxylic acids is 1. The van der Waals surface area contributed by atoms with Gasteiger partial charge in [-0.1, -0.05) is 24.3 Å². The Morgan fingerprint density at radius 2 is 2.07 bits per heavy atom. The summed E-state index contributed by atoms with van der Waals surface area (Å²) in [5.74, 6) is -1.63. The summed E-state index contributed by atoms with van der Waals surface area (Å²) in [7, 11) is 0. The van der Waals surface area contributed by atoms with Crippen LogP contribution in [0, 0.1) is 12.7 Å². The molecule has 0 spiro atoms. The molecule has 1 fully saturated rings. The van der Waals surface area contributed by atoms with Crippen LogP contribution in [0.3, 0.4) is 0 Å². The maximum atomic E-state index is 14.0. The lowest BCUT2D eigenvalue weighted by Crippen LogP contribution is -2.38. The number of halogens is 1. The summed E-state index contributed by atoms with van der Waals surface area (Å²) >= 11 is 1.30. The molecule has 1 saturated heterocycles. The van der Waals surface area contributed by atoms with Crippen molar-refractivity contribution in [3.8, 4) is 0 Å². The summed E-state index contributed by atoms with van der Waals surface area (Å²) < 4.78 is 14.9. The van der Waals surface area contributed by atoms with Crippen LogP contribution in [-0.4, -0.2) is 41.0 Å². The first-order valence-corrected chi connectivity index (χ1v) is 10.8. The van der Waals surface area contributed by atoms with Crippen LogP contribution in [0.4, 0.5) is 10.1 Å². The Labute approximate surface area is 178 Å². The molecule has 3 aromatic rings. The summed E-state index contributed by atoms with van der Waals surface area (Å²) in [6.45, 7) is 2.76. The number of rotatable bonds is 6. The first kappa shape index (κ1) is 20.5. The van der Waals surface area contributed by atoms with E-state index >= 15 is 0 Å². The van der Waals surface area contributed by atoms with Gasteiger partial charge in [-0.25, -0.2) is 9.18 Å². The molecule has 2 heterocycles. The number of aryl methyl sites for hydroxylation is 1. The number of nitrogens with zero attached hydrogens (tertiary/aromatic N) is 1. The summed E-state index contributed by atoms with van der Waals surface area (Å²) in [5, 5.41) is 13.3. The minimum absolute atomic E-state index is 0.0780. The number of hydrogen-bond donors (Lipinski definition) is 2. The third-order valence-corrected chi connectivity index (χ3v) is 6.78. The minimum atomic E-state index is -0.914. The van der Waals surface area contributed by atoms with Crippen molar-refractivity contribution < 1.29 is 19.1 Å². The van der Waals surface area contributed by atoms with Gasteiger partial charge in [-0.3, -0.25) is 9.69 Å². The Kier molecular flexibility index (Phi) is 5.83. The quantitative estimate of drug-likeness (QED) is 0.600. The third-order valence-electron chi connectivity index (χ3n) is 5.57. The molecule has 1 atom stereocenters. The van der Waals surface area contributed by atoms with Gasteiger partial charge in [0.05, 0.1) is 12.2 Å². The standard InChI is InChI=1S/C23H23FN2O3S/c1-14-8-9-18(24)19(11-14)25-21(27)13-26-10-4-5-15(26)12-17-16-6-2-3-7-20(16)30-22(17)23(28)29/h2-3,6-9,11,15H,4-5,10,12-13H2,1H3,(H,25,27)(H,28,29)/t15-/m0/s1. The Hall–Kier alpha value is -2.77. The molecule has 0 aliphatic carbocycles. The van der Waals surface area contributed by atoms with Gasteiger partial charge in [-0.15, -0.1) is 11.3 Å². The molecule has 4 rings (SSSR count). The van der Waals surface area contributed by atoms with Crippen molar-refractivity contribution in [1.82, 2.24) is 4.90 Å². The van der Waals surface area contributed by atoms with E-state index in [1.54, 1.807) is 12.1 Å². The van der Waals surface area contributed by atoms with E-state index in [9.17, 15) is 19.1 Å². The van der Waals surface area contributed by atoms with Gasteiger partial charge in [0.15, 0.2) is 0 Å². The normalized spacial score (nSPS) is 16.8. The predicted molar refractivity (Wildman–Crippen MR) is 117 cm³/mol.